The van der Waals surface area contributed by atoms with Gasteiger partial charge in [-0.15, -0.1) is 0 Å². The van der Waals surface area contributed by atoms with Crippen LogP contribution in [0, 0.1) is 0 Å². The zero-order valence-electron chi connectivity index (χ0n) is 9.11. The molecule has 0 aliphatic heterocycles. The van der Waals surface area contributed by atoms with E-state index in [2.05, 4.69) is 4.98 Å². The van der Waals surface area contributed by atoms with Crippen LogP contribution in [0.4, 0.5) is 13.2 Å². The number of fused-ring (bicyclic) bond motifs is 1. The van der Waals surface area contributed by atoms with Crippen LogP contribution in [0.5, 0.6) is 0 Å². The zero-order chi connectivity index (χ0) is 13.3. The Labute approximate surface area is 99.7 Å². The van der Waals surface area contributed by atoms with Crippen LogP contribution < -0.4 is 0 Å². The number of Topliss-reactive ketones (excluding diaryl/α,β-unsaturated/α-hetero) is 1. The number of nitrogens with zero attached hydrogens (tertiary/aromatic N) is 2. The van der Waals surface area contributed by atoms with E-state index in [1.165, 1.54) is 22.7 Å². The molecule has 0 spiro atoms. The molecule has 2 rings (SSSR count). The highest BCUT2D eigenvalue weighted by Gasteiger charge is 2.42. The Balaban J connectivity index is 2.61. The Kier molecular flexibility index (Phi) is 3.08. The molecule has 96 valence electrons. The molecule has 0 amide bonds. The molecule has 2 aromatic heterocycles. The molecule has 0 fully saturated rings. The number of carbonyl (C=O) groups is 1. The normalized spacial score (nSPS) is 12.0. The first-order valence-electron chi connectivity index (χ1n) is 5.13. The predicted octanol–water partition coefficient (Wildman–Crippen LogP) is 1.61. The maximum Gasteiger partial charge on any atom is 0.456 e. The maximum atomic E-state index is 12.4. The van der Waals surface area contributed by atoms with Crippen molar-refractivity contribution in [3.8, 4) is 0 Å². The van der Waals surface area contributed by atoms with Crippen LogP contribution in [0.25, 0.3) is 5.52 Å². The molecule has 18 heavy (non-hydrogen) atoms. The second kappa shape index (κ2) is 4.41. The van der Waals surface area contributed by atoms with Crippen LogP contribution in [-0.4, -0.2) is 33.1 Å². The van der Waals surface area contributed by atoms with Gasteiger partial charge in [0, 0.05) is 12.6 Å². The minimum atomic E-state index is -4.96. The van der Waals surface area contributed by atoms with Gasteiger partial charge in [-0.2, -0.15) is 13.2 Å². The summed E-state index contributed by atoms with van der Waals surface area (Å²) in [7, 11) is 0. The molecule has 7 heteroatoms. The van der Waals surface area contributed by atoms with E-state index in [4.69, 9.17) is 5.11 Å². The average molecular weight is 258 g/mol. The molecule has 0 saturated heterocycles. The molecule has 0 radical (unpaired) electrons. The molecular formula is C11H9F3N2O2. The van der Waals surface area contributed by atoms with Crippen molar-refractivity contribution in [1.29, 1.82) is 0 Å². The van der Waals surface area contributed by atoms with Gasteiger partial charge in [0.25, 0.3) is 5.78 Å². The third-order valence-corrected chi connectivity index (χ3v) is 2.43. The van der Waals surface area contributed by atoms with Gasteiger partial charge in [-0.05, 0) is 12.1 Å². The molecular weight excluding hydrogens is 249 g/mol. The number of alkyl halides is 3. The molecule has 0 aliphatic rings. The van der Waals surface area contributed by atoms with Crippen molar-refractivity contribution in [2.75, 3.05) is 6.61 Å². The SMILES string of the molecule is O=C(c1nc(CCO)n2ccccc12)C(F)(F)F. The quantitative estimate of drug-likeness (QED) is 0.851. The zero-order valence-corrected chi connectivity index (χ0v) is 9.11. The number of carbonyl (C=O) groups excluding carboxylic acids is 1. The number of aliphatic hydroxyl groups excluding tert-OH is 1. The Hall–Kier alpha value is -1.89. The van der Waals surface area contributed by atoms with Gasteiger partial charge in [-0.3, -0.25) is 4.79 Å². The molecule has 0 unspecified atom stereocenters. The Morgan fingerprint density at radius 1 is 1.39 bits per heavy atom. The highest BCUT2D eigenvalue weighted by atomic mass is 19.4. The van der Waals surface area contributed by atoms with E-state index in [1.54, 1.807) is 6.07 Å². The molecule has 0 saturated carbocycles. The number of rotatable bonds is 3. The number of hydrogen-bond donors (Lipinski definition) is 1. The summed E-state index contributed by atoms with van der Waals surface area (Å²) in [6.07, 6.45) is -3.38. The maximum absolute atomic E-state index is 12.4. The first-order valence-corrected chi connectivity index (χ1v) is 5.13. The van der Waals surface area contributed by atoms with Gasteiger partial charge in [0.2, 0.25) is 0 Å². The molecule has 1 N–H and O–H groups in total. The number of aliphatic hydroxyl groups is 1. The molecule has 4 nitrogen and oxygen atoms in total. The summed E-state index contributed by atoms with van der Waals surface area (Å²) in [5, 5.41) is 8.83. The van der Waals surface area contributed by atoms with Crippen molar-refractivity contribution < 1.29 is 23.1 Å². The van der Waals surface area contributed by atoms with Gasteiger partial charge in [0.15, 0.2) is 0 Å². The molecule has 0 atom stereocenters. The van der Waals surface area contributed by atoms with Crippen LogP contribution in [0.2, 0.25) is 0 Å². The van der Waals surface area contributed by atoms with Gasteiger partial charge in [0.1, 0.15) is 11.5 Å². The first-order chi connectivity index (χ1) is 8.45. The third kappa shape index (κ3) is 2.08. The van der Waals surface area contributed by atoms with Crippen molar-refractivity contribution in [3.63, 3.8) is 0 Å². The van der Waals surface area contributed by atoms with E-state index in [0.29, 0.717) is 0 Å². The molecule has 0 aromatic carbocycles. The largest absolute Gasteiger partial charge is 0.456 e. The van der Waals surface area contributed by atoms with E-state index < -0.39 is 17.7 Å². The van der Waals surface area contributed by atoms with E-state index in [1.807, 2.05) is 0 Å². The van der Waals surface area contributed by atoms with Crippen LogP contribution in [0.15, 0.2) is 24.4 Å². The summed E-state index contributed by atoms with van der Waals surface area (Å²) in [6, 6.07) is 4.51. The highest BCUT2D eigenvalue weighted by Crippen LogP contribution is 2.24. The third-order valence-electron chi connectivity index (χ3n) is 2.43. The Morgan fingerprint density at radius 3 is 2.72 bits per heavy atom. The fraction of sp³-hybridized carbons (Fsp3) is 0.273. The number of ketones is 1. The minimum absolute atomic E-state index is 0.0797. The van der Waals surface area contributed by atoms with Gasteiger partial charge in [-0.25, -0.2) is 4.98 Å². The van der Waals surface area contributed by atoms with E-state index >= 15 is 0 Å². The lowest BCUT2D eigenvalue weighted by atomic mass is 10.2. The summed E-state index contributed by atoms with van der Waals surface area (Å²) < 4.78 is 38.6. The van der Waals surface area contributed by atoms with Crippen LogP contribution >= 0.6 is 0 Å². The van der Waals surface area contributed by atoms with Crippen molar-refractivity contribution in [3.05, 3.63) is 35.9 Å². The summed E-state index contributed by atoms with van der Waals surface area (Å²) in [5.41, 5.74) is -0.546. The van der Waals surface area contributed by atoms with Gasteiger partial charge in [-0.1, -0.05) is 6.07 Å². The topological polar surface area (TPSA) is 54.6 Å². The number of hydrogen-bond acceptors (Lipinski definition) is 3. The second-order valence-corrected chi connectivity index (χ2v) is 3.63. The second-order valence-electron chi connectivity index (χ2n) is 3.63. The van der Waals surface area contributed by atoms with Crippen molar-refractivity contribution >= 4 is 11.3 Å². The van der Waals surface area contributed by atoms with Crippen molar-refractivity contribution in [2.45, 2.75) is 12.6 Å². The molecule has 2 aromatic rings. The number of aromatic nitrogens is 2. The predicted molar refractivity (Wildman–Crippen MR) is 56.4 cm³/mol. The minimum Gasteiger partial charge on any atom is -0.396 e. The van der Waals surface area contributed by atoms with Gasteiger partial charge in [0.05, 0.1) is 12.1 Å². The number of pyridine rings is 1. The molecule has 2 heterocycles. The Bertz CT molecular complexity index is 589. The summed E-state index contributed by atoms with van der Waals surface area (Å²) in [5.74, 6) is -1.75. The van der Waals surface area contributed by atoms with Crippen LogP contribution in [0.1, 0.15) is 16.3 Å². The van der Waals surface area contributed by atoms with Gasteiger partial charge < -0.3 is 9.51 Å². The first kappa shape index (κ1) is 12.6. The van der Waals surface area contributed by atoms with E-state index in [-0.39, 0.29) is 24.4 Å². The molecule has 0 aliphatic carbocycles. The number of imidazole rings is 1. The lowest BCUT2D eigenvalue weighted by molar-refractivity contribution is -0.0887. The summed E-state index contributed by atoms with van der Waals surface area (Å²) >= 11 is 0. The van der Waals surface area contributed by atoms with Crippen LogP contribution in [-0.2, 0) is 6.42 Å². The molecule has 0 bridgehead atoms. The fourth-order valence-electron chi connectivity index (χ4n) is 1.68. The van der Waals surface area contributed by atoms with Crippen molar-refractivity contribution in [1.82, 2.24) is 9.38 Å². The lowest BCUT2D eigenvalue weighted by Gasteiger charge is -2.02. The highest BCUT2D eigenvalue weighted by molar-refractivity contribution is 6.04. The Morgan fingerprint density at radius 2 is 2.11 bits per heavy atom. The average Bonchev–Trinajstić information content (AvgIpc) is 2.67. The van der Waals surface area contributed by atoms with Crippen molar-refractivity contribution in [2.24, 2.45) is 0 Å². The monoisotopic (exact) mass is 258 g/mol. The van der Waals surface area contributed by atoms with E-state index in [9.17, 15) is 18.0 Å². The van der Waals surface area contributed by atoms with E-state index in [0.717, 1.165) is 0 Å². The lowest BCUT2D eigenvalue weighted by Crippen LogP contribution is -2.23. The van der Waals surface area contributed by atoms with Crippen LogP contribution in [0.3, 0.4) is 0 Å². The summed E-state index contributed by atoms with van der Waals surface area (Å²) in [6.45, 7) is -0.256. The fourth-order valence-corrected chi connectivity index (χ4v) is 1.68. The summed E-state index contributed by atoms with van der Waals surface area (Å²) in [4.78, 5) is 14.9. The van der Waals surface area contributed by atoms with Gasteiger partial charge >= 0.3 is 6.18 Å². The standard InChI is InChI=1S/C11H9F3N2O2/c12-11(13,14)10(18)9-7-3-1-2-5-16(7)8(15-9)4-6-17/h1-3,5,17H,4,6H2. The smallest absolute Gasteiger partial charge is 0.396 e. The number of halogens is 3.